The molecule has 0 saturated carbocycles. The molecule has 1 nitrogen and oxygen atoms in total. The van der Waals surface area contributed by atoms with E-state index in [0.29, 0.717) is 3.39 Å². The molecule has 0 aliphatic rings. The van der Waals surface area contributed by atoms with Crippen molar-refractivity contribution in [2.45, 2.75) is 4.29 Å². The first-order chi connectivity index (χ1) is 4.04. The number of ketones is 1. The third kappa shape index (κ3) is 5.58. The second-order valence-electron chi connectivity index (χ2n) is 1.14. The van der Waals surface area contributed by atoms with Crippen LogP contribution in [0.25, 0.3) is 0 Å². The molecule has 0 rings (SSSR count). The monoisotopic (exact) mass is 338 g/mol. The van der Waals surface area contributed by atoms with E-state index < -0.39 is 4.29 Å². The van der Waals surface area contributed by atoms with E-state index >= 15 is 0 Å². The van der Waals surface area contributed by atoms with Gasteiger partial charge in [-0.1, -0.05) is 15.9 Å². The van der Waals surface area contributed by atoms with Crippen molar-refractivity contribution in [2.75, 3.05) is 0 Å². The molecule has 9 heavy (non-hydrogen) atoms. The van der Waals surface area contributed by atoms with Crippen LogP contribution in [0, 0.1) is 0 Å². The summed E-state index contributed by atoms with van der Waals surface area (Å²) in [4.78, 5) is 10.6. The maximum Gasteiger partial charge on any atom is 0.185 e. The highest BCUT2D eigenvalue weighted by Gasteiger charge is 2.06. The second-order valence-corrected chi connectivity index (χ2v) is 5.79. The molecule has 52 valence electrons. The maximum absolute atomic E-state index is 10.6. The van der Waals surface area contributed by atoms with Crippen LogP contribution in [0.1, 0.15) is 0 Å². The number of alkyl halides is 2. The van der Waals surface area contributed by atoms with Crippen molar-refractivity contribution in [3.05, 3.63) is 9.47 Å². The number of halogens is 4. The van der Waals surface area contributed by atoms with Gasteiger partial charge in [0.2, 0.25) is 0 Å². The fraction of sp³-hybridized carbons (Fsp3) is 0.250. The van der Waals surface area contributed by atoms with Crippen LogP contribution in [0.3, 0.4) is 0 Å². The lowest BCUT2D eigenvalue weighted by atomic mass is 10.4. The average Bonchev–Trinajstić information content (AvgIpc) is 1.63. The average molecular weight is 341 g/mol. The van der Waals surface area contributed by atoms with Crippen molar-refractivity contribution in [3.8, 4) is 0 Å². The second kappa shape index (κ2) is 4.88. The summed E-state index contributed by atoms with van der Waals surface area (Å²) in [5, 5.41) is 0. The summed E-state index contributed by atoms with van der Waals surface area (Å²) >= 11 is 14.3. The van der Waals surface area contributed by atoms with Crippen molar-refractivity contribution >= 4 is 65.2 Å². The van der Waals surface area contributed by atoms with E-state index in [4.69, 9.17) is 11.6 Å². The molecule has 0 aliphatic heterocycles. The summed E-state index contributed by atoms with van der Waals surface area (Å²) < 4.78 is -0.0484. The predicted molar refractivity (Wildman–Crippen MR) is 49.5 cm³/mol. The zero-order valence-corrected chi connectivity index (χ0v) is 9.59. The Hall–Kier alpha value is 1.14. The lowest BCUT2D eigenvalue weighted by Crippen LogP contribution is -2.01. The smallest absolute Gasteiger partial charge is 0.185 e. The lowest BCUT2D eigenvalue weighted by Gasteiger charge is -1.90. The molecule has 0 aliphatic carbocycles. The summed E-state index contributed by atoms with van der Waals surface area (Å²) in [5.41, 5.74) is 0. The lowest BCUT2D eigenvalue weighted by molar-refractivity contribution is -0.112. The van der Waals surface area contributed by atoms with Crippen LogP contribution in [0.5, 0.6) is 0 Å². The molecule has 1 unspecified atom stereocenters. The third-order valence-electron chi connectivity index (χ3n) is 0.466. The van der Waals surface area contributed by atoms with E-state index in [-0.39, 0.29) is 5.78 Å². The minimum Gasteiger partial charge on any atom is -0.292 e. The van der Waals surface area contributed by atoms with Crippen LogP contribution in [0.2, 0.25) is 0 Å². The molecule has 0 aromatic heterocycles. The molecule has 5 heteroatoms. The first-order valence-electron chi connectivity index (χ1n) is 1.88. The Morgan fingerprint density at radius 3 is 2.11 bits per heavy atom. The van der Waals surface area contributed by atoms with Crippen LogP contribution < -0.4 is 0 Å². The van der Waals surface area contributed by atoms with E-state index in [9.17, 15) is 4.79 Å². The summed E-state index contributed by atoms with van der Waals surface area (Å²) in [5.74, 6) is -0.194. The van der Waals surface area contributed by atoms with Crippen LogP contribution in [-0.2, 0) is 4.79 Å². The standard InChI is InChI=1S/C4H2Br3ClO/c5-3(6)1-2(9)4(7)8/h1,4H. The first-order valence-corrected chi connectivity index (χ1v) is 4.82. The fourth-order valence-corrected chi connectivity index (χ4v) is 0.817. The van der Waals surface area contributed by atoms with Gasteiger partial charge >= 0.3 is 0 Å². The van der Waals surface area contributed by atoms with Gasteiger partial charge in [-0.25, -0.2) is 0 Å². The molecular formula is C4H2Br3ClO. The number of rotatable bonds is 2. The van der Waals surface area contributed by atoms with Crippen LogP contribution in [0.4, 0.5) is 0 Å². The Labute approximate surface area is 83.2 Å². The largest absolute Gasteiger partial charge is 0.292 e. The highest BCUT2D eigenvalue weighted by molar-refractivity contribution is 9.28. The molecule has 0 amide bonds. The molecule has 0 radical (unpaired) electrons. The third-order valence-corrected chi connectivity index (χ3v) is 1.59. The minimum absolute atomic E-state index is 0.194. The molecule has 0 aromatic rings. The normalized spacial score (nSPS) is 12.4. The van der Waals surface area contributed by atoms with Gasteiger partial charge in [0, 0.05) is 6.08 Å². The molecule has 0 heterocycles. The molecule has 0 fully saturated rings. The van der Waals surface area contributed by atoms with Gasteiger partial charge in [0.25, 0.3) is 0 Å². The van der Waals surface area contributed by atoms with Gasteiger partial charge in [0.05, 0.1) is 3.39 Å². The van der Waals surface area contributed by atoms with Crippen LogP contribution in [-0.4, -0.2) is 10.1 Å². The Morgan fingerprint density at radius 1 is 1.56 bits per heavy atom. The van der Waals surface area contributed by atoms with Gasteiger partial charge < -0.3 is 0 Å². The van der Waals surface area contributed by atoms with Gasteiger partial charge in [-0.2, -0.15) is 0 Å². The SMILES string of the molecule is O=C(C=C(Br)Br)C(Cl)Br. The molecule has 0 bridgehead atoms. The quantitative estimate of drug-likeness (QED) is 0.557. The number of carbonyl (C=O) groups is 1. The first kappa shape index (κ1) is 10.1. The number of hydrogen-bond donors (Lipinski definition) is 0. The van der Waals surface area contributed by atoms with Crippen LogP contribution >= 0.6 is 59.4 Å². The van der Waals surface area contributed by atoms with E-state index in [0.717, 1.165) is 0 Å². The molecule has 1 atom stereocenters. The van der Waals surface area contributed by atoms with Crippen molar-refractivity contribution in [1.82, 2.24) is 0 Å². The highest BCUT2D eigenvalue weighted by Crippen LogP contribution is 2.15. The van der Waals surface area contributed by atoms with Gasteiger partial charge in [-0.3, -0.25) is 4.79 Å². The summed E-state index contributed by atoms with van der Waals surface area (Å²) in [6.45, 7) is 0. The topological polar surface area (TPSA) is 17.1 Å². The number of carbonyl (C=O) groups excluding carboxylic acids is 1. The van der Waals surface area contributed by atoms with E-state index in [1.165, 1.54) is 6.08 Å². The molecule has 0 N–H and O–H groups in total. The van der Waals surface area contributed by atoms with Crippen molar-refractivity contribution in [2.24, 2.45) is 0 Å². The minimum atomic E-state index is -0.636. The van der Waals surface area contributed by atoms with Crippen molar-refractivity contribution in [3.63, 3.8) is 0 Å². The van der Waals surface area contributed by atoms with Crippen molar-refractivity contribution in [1.29, 1.82) is 0 Å². The fourth-order valence-electron chi connectivity index (χ4n) is 0.171. The summed E-state index contributed by atoms with van der Waals surface area (Å²) in [7, 11) is 0. The maximum atomic E-state index is 10.6. The molecule has 0 spiro atoms. The molecular weight excluding hydrogens is 339 g/mol. The van der Waals surface area contributed by atoms with E-state index in [1.807, 2.05) is 0 Å². The van der Waals surface area contributed by atoms with Gasteiger partial charge in [-0.15, -0.1) is 11.6 Å². The molecule has 0 saturated heterocycles. The predicted octanol–water partition coefficient (Wildman–Crippen LogP) is 3.15. The number of hydrogen-bond acceptors (Lipinski definition) is 1. The van der Waals surface area contributed by atoms with Crippen molar-refractivity contribution < 1.29 is 4.79 Å². The summed E-state index contributed by atoms with van der Waals surface area (Å²) in [6, 6.07) is 0. The van der Waals surface area contributed by atoms with E-state index in [2.05, 4.69) is 47.8 Å². The highest BCUT2D eigenvalue weighted by atomic mass is 79.9. The van der Waals surface area contributed by atoms with E-state index in [1.54, 1.807) is 0 Å². The summed E-state index contributed by atoms with van der Waals surface area (Å²) in [6.07, 6.45) is 1.34. The zero-order chi connectivity index (χ0) is 7.44. The van der Waals surface area contributed by atoms with Gasteiger partial charge in [0.1, 0.15) is 0 Å². The van der Waals surface area contributed by atoms with Gasteiger partial charge in [-0.05, 0) is 31.9 Å². The van der Waals surface area contributed by atoms with Gasteiger partial charge in [0.15, 0.2) is 10.1 Å². The zero-order valence-electron chi connectivity index (χ0n) is 4.07. The number of allylic oxidation sites excluding steroid dienone is 1. The molecule has 0 aromatic carbocycles. The van der Waals surface area contributed by atoms with Crippen LogP contribution in [0.15, 0.2) is 9.47 Å². The Kier molecular flexibility index (Phi) is 5.50. The Balaban J connectivity index is 3.93. The Bertz CT molecular complexity index is 139. The Morgan fingerprint density at radius 2 is 2.00 bits per heavy atom.